The van der Waals surface area contributed by atoms with Gasteiger partial charge in [0, 0.05) is 11.1 Å². The van der Waals surface area contributed by atoms with Gasteiger partial charge in [0.1, 0.15) is 0 Å². The molecule has 1 aromatic carbocycles. The minimum Gasteiger partial charge on any atom is -0.328 e. The van der Waals surface area contributed by atoms with Gasteiger partial charge in [-0.2, -0.15) is 13.2 Å². The summed E-state index contributed by atoms with van der Waals surface area (Å²) < 4.78 is 37.6. The van der Waals surface area contributed by atoms with Crippen molar-refractivity contribution < 1.29 is 13.2 Å². The SMILES string of the molecule is CC(N)Cc1c(Cl)ccc(C(F)(F)F)c1Cl. The van der Waals surface area contributed by atoms with Crippen LogP contribution in [0.1, 0.15) is 18.1 Å². The molecule has 0 radical (unpaired) electrons. The predicted molar refractivity (Wildman–Crippen MR) is 58.8 cm³/mol. The van der Waals surface area contributed by atoms with E-state index in [0.717, 1.165) is 6.07 Å². The molecule has 1 atom stereocenters. The molecule has 2 N–H and O–H groups in total. The molecule has 0 saturated heterocycles. The lowest BCUT2D eigenvalue weighted by Crippen LogP contribution is -2.19. The first kappa shape index (κ1) is 13.6. The molecule has 16 heavy (non-hydrogen) atoms. The van der Waals surface area contributed by atoms with Gasteiger partial charge in [-0.3, -0.25) is 0 Å². The van der Waals surface area contributed by atoms with Crippen molar-refractivity contribution >= 4 is 23.2 Å². The van der Waals surface area contributed by atoms with Crippen LogP contribution in [0.25, 0.3) is 0 Å². The van der Waals surface area contributed by atoms with Crippen molar-refractivity contribution in [3.8, 4) is 0 Å². The van der Waals surface area contributed by atoms with Gasteiger partial charge in [-0.1, -0.05) is 23.2 Å². The van der Waals surface area contributed by atoms with Crippen LogP contribution in [0.4, 0.5) is 13.2 Å². The fourth-order valence-corrected chi connectivity index (χ4v) is 1.96. The summed E-state index contributed by atoms with van der Waals surface area (Å²) in [5.41, 5.74) is 4.89. The minimum atomic E-state index is -4.48. The third-order valence-corrected chi connectivity index (χ3v) is 2.80. The Bertz CT molecular complexity index is 388. The van der Waals surface area contributed by atoms with E-state index in [-0.39, 0.29) is 28.1 Å². The van der Waals surface area contributed by atoms with Crippen molar-refractivity contribution in [1.29, 1.82) is 0 Å². The Labute approximate surface area is 101 Å². The Hall–Kier alpha value is -0.450. The summed E-state index contributed by atoms with van der Waals surface area (Å²) in [5, 5.41) is -0.160. The van der Waals surface area contributed by atoms with Crippen LogP contribution >= 0.6 is 23.2 Å². The molecule has 6 heteroatoms. The van der Waals surface area contributed by atoms with E-state index in [0.29, 0.717) is 0 Å². The largest absolute Gasteiger partial charge is 0.417 e. The summed E-state index contributed by atoms with van der Waals surface area (Å²) in [5.74, 6) is 0. The van der Waals surface area contributed by atoms with Crippen LogP contribution in [0, 0.1) is 0 Å². The van der Waals surface area contributed by atoms with Gasteiger partial charge >= 0.3 is 6.18 Å². The molecule has 0 aromatic heterocycles. The normalized spacial score (nSPS) is 13.9. The molecule has 1 aromatic rings. The quantitative estimate of drug-likeness (QED) is 0.868. The summed E-state index contributed by atoms with van der Waals surface area (Å²) >= 11 is 11.5. The monoisotopic (exact) mass is 271 g/mol. The second-order valence-corrected chi connectivity index (χ2v) is 4.35. The molecule has 0 aliphatic heterocycles. The molecule has 0 aliphatic rings. The van der Waals surface area contributed by atoms with Crippen LogP contribution in [0.2, 0.25) is 10.0 Å². The van der Waals surface area contributed by atoms with Gasteiger partial charge in [-0.05, 0) is 31.0 Å². The zero-order valence-electron chi connectivity index (χ0n) is 8.41. The van der Waals surface area contributed by atoms with Gasteiger partial charge < -0.3 is 5.73 Å². The van der Waals surface area contributed by atoms with Crippen molar-refractivity contribution in [2.45, 2.75) is 25.6 Å². The van der Waals surface area contributed by atoms with E-state index in [1.54, 1.807) is 6.92 Å². The van der Waals surface area contributed by atoms with Gasteiger partial charge in [0.15, 0.2) is 0 Å². The van der Waals surface area contributed by atoms with E-state index in [9.17, 15) is 13.2 Å². The summed E-state index contributed by atoms with van der Waals surface area (Å²) in [6.07, 6.45) is -4.27. The van der Waals surface area contributed by atoms with E-state index in [1.165, 1.54) is 6.07 Å². The van der Waals surface area contributed by atoms with Crippen LogP contribution in [0.15, 0.2) is 12.1 Å². The highest BCUT2D eigenvalue weighted by Gasteiger charge is 2.34. The smallest absolute Gasteiger partial charge is 0.328 e. The highest BCUT2D eigenvalue weighted by molar-refractivity contribution is 6.36. The summed E-state index contributed by atoms with van der Waals surface area (Å²) in [7, 11) is 0. The molecule has 1 unspecified atom stereocenters. The van der Waals surface area contributed by atoms with Crippen molar-refractivity contribution in [3.05, 3.63) is 33.3 Å². The highest BCUT2D eigenvalue weighted by atomic mass is 35.5. The molecule has 0 amide bonds. The molecule has 0 saturated carbocycles. The van der Waals surface area contributed by atoms with E-state index < -0.39 is 11.7 Å². The Balaban J connectivity index is 3.27. The zero-order chi connectivity index (χ0) is 12.5. The average Bonchev–Trinajstić information content (AvgIpc) is 2.09. The summed E-state index contributed by atoms with van der Waals surface area (Å²) in [4.78, 5) is 0. The number of alkyl halides is 3. The van der Waals surface area contributed by atoms with Gasteiger partial charge in [0.05, 0.1) is 10.6 Å². The van der Waals surface area contributed by atoms with Crippen molar-refractivity contribution in [2.75, 3.05) is 0 Å². The Morgan fingerprint density at radius 3 is 2.31 bits per heavy atom. The molecule has 0 heterocycles. The lowest BCUT2D eigenvalue weighted by Gasteiger charge is -2.15. The maximum atomic E-state index is 12.5. The first-order chi connectivity index (χ1) is 7.23. The number of benzene rings is 1. The topological polar surface area (TPSA) is 26.0 Å². The van der Waals surface area contributed by atoms with Crippen LogP contribution in [-0.2, 0) is 12.6 Å². The number of halogens is 5. The van der Waals surface area contributed by atoms with Crippen LogP contribution in [0.3, 0.4) is 0 Å². The van der Waals surface area contributed by atoms with Gasteiger partial charge in [0.2, 0.25) is 0 Å². The van der Waals surface area contributed by atoms with Crippen LogP contribution < -0.4 is 5.73 Å². The second-order valence-electron chi connectivity index (χ2n) is 3.57. The number of nitrogens with two attached hydrogens (primary N) is 1. The van der Waals surface area contributed by atoms with Crippen molar-refractivity contribution in [3.63, 3.8) is 0 Å². The van der Waals surface area contributed by atoms with Crippen molar-refractivity contribution in [1.82, 2.24) is 0 Å². The Morgan fingerprint density at radius 2 is 1.88 bits per heavy atom. The van der Waals surface area contributed by atoms with Gasteiger partial charge in [0.25, 0.3) is 0 Å². The molecule has 1 nitrogen and oxygen atoms in total. The molecule has 0 fully saturated rings. The molecule has 0 bridgehead atoms. The first-order valence-electron chi connectivity index (χ1n) is 4.53. The lowest BCUT2D eigenvalue weighted by atomic mass is 10.0. The van der Waals surface area contributed by atoms with E-state index in [2.05, 4.69) is 0 Å². The fourth-order valence-electron chi connectivity index (χ4n) is 1.33. The second kappa shape index (κ2) is 4.82. The zero-order valence-corrected chi connectivity index (χ0v) is 9.92. The Kier molecular flexibility index (Phi) is 4.10. The molecule has 90 valence electrons. The number of hydrogen-bond acceptors (Lipinski definition) is 1. The third-order valence-electron chi connectivity index (χ3n) is 2.02. The van der Waals surface area contributed by atoms with E-state index in [1.807, 2.05) is 0 Å². The minimum absolute atomic E-state index is 0.204. The summed E-state index contributed by atoms with van der Waals surface area (Å²) in [6, 6.07) is 1.75. The maximum absolute atomic E-state index is 12.5. The van der Waals surface area contributed by atoms with Crippen molar-refractivity contribution in [2.24, 2.45) is 5.73 Å². The third kappa shape index (κ3) is 3.03. The lowest BCUT2D eigenvalue weighted by molar-refractivity contribution is -0.137. The standard InChI is InChI=1S/C10H10Cl2F3N/c1-5(16)4-6-8(11)3-2-7(9(6)12)10(13,14)15/h2-3,5H,4,16H2,1H3. The number of hydrogen-bond donors (Lipinski definition) is 1. The first-order valence-corrected chi connectivity index (χ1v) is 5.28. The number of rotatable bonds is 2. The predicted octanol–water partition coefficient (Wildman–Crippen LogP) is 3.90. The summed E-state index contributed by atoms with van der Waals surface area (Å²) in [6.45, 7) is 1.67. The molecule has 0 spiro atoms. The Morgan fingerprint density at radius 1 is 1.31 bits per heavy atom. The van der Waals surface area contributed by atoms with E-state index in [4.69, 9.17) is 28.9 Å². The highest BCUT2D eigenvalue weighted by Crippen LogP contribution is 2.39. The van der Waals surface area contributed by atoms with Crippen LogP contribution in [0.5, 0.6) is 0 Å². The molecule has 1 rings (SSSR count). The molecular weight excluding hydrogens is 262 g/mol. The molecule has 0 aliphatic carbocycles. The maximum Gasteiger partial charge on any atom is 0.417 e. The fraction of sp³-hybridized carbons (Fsp3) is 0.400. The van der Waals surface area contributed by atoms with Crippen LogP contribution in [-0.4, -0.2) is 6.04 Å². The van der Waals surface area contributed by atoms with Gasteiger partial charge in [-0.25, -0.2) is 0 Å². The molecular formula is C10H10Cl2F3N. The van der Waals surface area contributed by atoms with Gasteiger partial charge in [-0.15, -0.1) is 0 Å². The van der Waals surface area contributed by atoms with E-state index >= 15 is 0 Å². The average molecular weight is 272 g/mol.